The molecule has 0 radical (unpaired) electrons. The number of ether oxygens (including phenoxy) is 2. The number of hydrogen-bond acceptors (Lipinski definition) is 4. The third-order valence-electron chi connectivity index (χ3n) is 4.56. The van der Waals surface area contributed by atoms with E-state index in [-0.39, 0.29) is 18.2 Å². The van der Waals surface area contributed by atoms with Crippen LogP contribution >= 0.6 is 15.9 Å². The highest BCUT2D eigenvalue weighted by atomic mass is 79.9. The number of nitrogens with one attached hydrogen (secondary N) is 1. The maximum atomic E-state index is 12.6. The summed E-state index contributed by atoms with van der Waals surface area (Å²) >= 11 is 3.46. The van der Waals surface area contributed by atoms with Crippen LogP contribution in [0.3, 0.4) is 0 Å². The number of nitrogens with zero attached hydrogens (tertiary/aromatic N) is 1. The maximum Gasteiger partial charge on any atom is 0.229 e. The molecule has 1 atom stereocenters. The number of anilines is 2. The predicted molar refractivity (Wildman–Crippen MR) is 108 cm³/mol. The maximum absolute atomic E-state index is 12.6. The standard InChI is InChI=1S/C20H21BrN2O4/c1-12-4-6-16(15(21)8-12)22-20(25)13-9-19(24)23(11-13)14-5-7-17(26-2)18(10-14)27-3/h4-8,10,13H,9,11H2,1-3H3,(H,22,25). The van der Waals surface area contributed by atoms with Gasteiger partial charge in [-0.05, 0) is 52.7 Å². The first kappa shape index (κ1) is 19.2. The molecule has 6 nitrogen and oxygen atoms in total. The van der Waals surface area contributed by atoms with Crippen LogP contribution in [0, 0.1) is 12.8 Å². The number of hydrogen-bond donors (Lipinski definition) is 1. The highest BCUT2D eigenvalue weighted by molar-refractivity contribution is 9.10. The minimum atomic E-state index is -0.418. The van der Waals surface area contributed by atoms with E-state index in [0.29, 0.717) is 29.4 Å². The molecule has 142 valence electrons. The lowest BCUT2D eigenvalue weighted by atomic mass is 10.1. The number of rotatable bonds is 5. The summed E-state index contributed by atoms with van der Waals surface area (Å²) in [6.07, 6.45) is 0.170. The van der Waals surface area contributed by atoms with Crippen molar-refractivity contribution in [1.82, 2.24) is 0 Å². The van der Waals surface area contributed by atoms with Crippen LogP contribution in [0.15, 0.2) is 40.9 Å². The van der Waals surface area contributed by atoms with Gasteiger partial charge in [-0.2, -0.15) is 0 Å². The van der Waals surface area contributed by atoms with Crippen LogP contribution in [-0.4, -0.2) is 32.6 Å². The summed E-state index contributed by atoms with van der Waals surface area (Å²) in [7, 11) is 3.10. The monoisotopic (exact) mass is 432 g/mol. The van der Waals surface area contributed by atoms with E-state index >= 15 is 0 Å². The molecule has 1 N–H and O–H groups in total. The Kier molecular flexibility index (Phi) is 5.70. The molecule has 2 amide bonds. The van der Waals surface area contributed by atoms with Crippen LogP contribution in [0.2, 0.25) is 0 Å². The third kappa shape index (κ3) is 4.08. The van der Waals surface area contributed by atoms with Gasteiger partial charge in [0.05, 0.1) is 25.8 Å². The highest BCUT2D eigenvalue weighted by Crippen LogP contribution is 2.34. The Bertz CT molecular complexity index is 884. The summed E-state index contributed by atoms with van der Waals surface area (Å²) in [5.41, 5.74) is 2.47. The number of amides is 2. The molecule has 2 aromatic carbocycles. The third-order valence-corrected chi connectivity index (χ3v) is 5.21. The molecule has 1 fully saturated rings. The topological polar surface area (TPSA) is 67.9 Å². The van der Waals surface area contributed by atoms with E-state index < -0.39 is 5.92 Å². The fraction of sp³-hybridized carbons (Fsp3) is 0.300. The van der Waals surface area contributed by atoms with Crippen molar-refractivity contribution in [2.24, 2.45) is 5.92 Å². The largest absolute Gasteiger partial charge is 0.493 e. The smallest absolute Gasteiger partial charge is 0.229 e. The van der Waals surface area contributed by atoms with Crippen molar-refractivity contribution < 1.29 is 19.1 Å². The molecule has 7 heteroatoms. The molecule has 1 aliphatic rings. The molecule has 0 spiro atoms. The number of halogens is 1. The molecule has 3 rings (SSSR count). The Labute approximate surface area is 166 Å². The first-order valence-electron chi connectivity index (χ1n) is 8.52. The fourth-order valence-electron chi connectivity index (χ4n) is 3.08. The van der Waals surface area contributed by atoms with Crippen molar-refractivity contribution in [3.05, 3.63) is 46.4 Å². The van der Waals surface area contributed by atoms with E-state index in [4.69, 9.17) is 9.47 Å². The molecule has 0 saturated carbocycles. The number of carbonyl (C=O) groups is 2. The summed E-state index contributed by atoms with van der Waals surface area (Å²) in [5.74, 6) is 0.450. The number of carbonyl (C=O) groups excluding carboxylic acids is 2. The molecule has 27 heavy (non-hydrogen) atoms. The second-order valence-corrected chi connectivity index (χ2v) is 7.27. The molecule has 1 aliphatic heterocycles. The van der Waals surface area contributed by atoms with Gasteiger partial charge in [-0.3, -0.25) is 9.59 Å². The van der Waals surface area contributed by atoms with E-state index in [2.05, 4.69) is 21.2 Å². The van der Waals surface area contributed by atoms with Crippen molar-refractivity contribution in [3.63, 3.8) is 0 Å². The molecule has 1 saturated heterocycles. The van der Waals surface area contributed by atoms with Gasteiger partial charge >= 0.3 is 0 Å². The Hall–Kier alpha value is -2.54. The predicted octanol–water partition coefficient (Wildman–Crippen LogP) is 3.77. The van der Waals surface area contributed by atoms with Gasteiger partial charge in [-0.1, -0.05) is 6.07 Å². The van der Waals surface area contributed by atoms with E-state index in [1.807, 2.05) is 25.1 Å². The average molecular weight is 433 g/mol. The lowest BCUT2D eigenvalue weighted by Gasteiger charge is -2.18. The van der Waals surface area contributed by atoms with Gasteiger partial charge in [-0.25, -0.2) is 0 Å². The molecule has 1 heterocycles. The van der Waals surface area contributed by atoms with Crippen molar-refractivity contribution in [3.8, 4) is 11.5 Å². The normalized spacial score (nSPS) is 16.4. The molecule has 0 bridgehead atoms. The first-order chi connectivity index (χ1) is 12.9. The molecule has 0 aromatic heterocycles. The zero-order valence-corrected chi connectivity index (χ0v) is 17.0. The van der Waals surface area contributed by atoms with Gasteiger partial charge in [0, 0.05) is 29.2 Å². The summed E-state index contributed by atoms with van der Waals surface area (Å²) in [5, 5.41) is 2.90. The molecule has 2 aromatic rings. The zero-order valence-electron chi connectivity index (χ0n) is 15.4. The molecular weight excluding hydrogens is 412 g/mol. The van der Waals surface area contributed by atoms with E-state index in [1.165, 1.54) is 0 Å². The van der Waals surface area contributed by atoms with Crippen LogP contribution in [0.4, 0.5) is 11.4 Å². The summed E-state index contributed by atoms with van der Waals surface area (Å²) < 4.78 is 11.3. The van der Waals surface area contributed by atoms with Crippen molar-refractivity contribution in [1.29, 1.82) is 0 Å². The van der Waals surface area contributed by atoms with Gasteiger partial charge in [0.25, 0.3) is 0 Å². The van der Waals surface area contributed by atoms with Crippen LogP contribution in [0.25, 0.3) is 0 Å². The lowest BCUT2D eigenvalue weighted by molar-refractivity contribution is -0.122. The Morgan fingerprint density at radius 1 is 1.15 bits per heavy atom. The second-order valence-electron chi connectivity index (χ2n) is 6.42. The number of benzene rings is 2. The Morgan fingerprint density at radius 3 is 2.56 bits per heavy atom. The summed E-state index contributed by atoms with van der Waals surface area (Å²) in [6, 6.07) is 11.0. The average Bonchev–Trinajstić information content (AvgIpc) is 3.05. The van der Waals surface area contributed by atoms with E-state index in [1.54, 1.807) is 37.3 Å². The van der Waals surface area contributed by atoms with Crippen molar-refractivity contribution in [2.45, 2.75) is 13.3 Å². The van der Waals surface area contributed by atoms with Gasteiger partial charge in [0.1, 0.15) is 0 Å². The van der Waals surface area contributed by atoms with Gasteiger partial charge in [0.2, 0.25) is 11.8 Å². The first-order valence-corrected chi connectivity index (χ1v) is 9.31. The van der Waals surface area contributed by atoms with E-state index in [0.717, 1.165) is 10.0 Å². The highest BCUT2D eigenvalue weighted by Gasteiger charge is 2.35. The SMILES string of the molecule is COc1ccc(N2CC(C(=O)Nc3ccc(C)cc3Br)CC2=O)cc1OC. The Balaban J connectivity index is 1.74. The molecule has 0 aliphatic carbocycles. The van der Waals surface area contributed by atoms with Gasteiger partial charge in [-0.15, -0.1) is 0 Å². The van der Waals surface area contributed by atoms with Crippen molar-refractivity contribution >= 4 is 39.1 Å². The second kappa shape index (κ2) is 8.00. The quantitative estimate of drug-likeness (QED) is 0.780. The summed E-state index contributed by atoms with van der Waals surface area (Å²) in [4.78, 5) is 26.7. The Morgan fingerprint density at radius 2 is 1.89 bits per heavy atom. The molecule has 1 unspecified atom stereocenters. The van der Waals surface area contributed by atoms with Crippen LogP contribution < -0.4 is 19.7 Å². The number of methoxy groups -OCH3 is 2. The summed E-state index contributed by atoms with van der Waals surface area (Å²) in [6.45, 7) is 2.30. The zero-order chi connectivity index (χ0) is 19.6. The minimum Gasteiger partial charge on any atom is -0.493 e. The number of aryl methyl sites for hydroxylation is 1. The minimum absolute atomic E-state index is 0.0923. The van der Waals surface area contributed by atoms with Crippen LogP contribution in [-0.2, 0) is 9.59 Å². The van der Waals surface area contributed by atoms with Crippen molar-refractivity contribution in [2.75, 3.05) is 31.0 Å². The van der Waals surface area contributed by atoms with Gasteiger partial charge in [0.15, 0.2) is 11.5 Å². The van der Waals surface area contributed by atoms with Gasteiger partial charge < -0.3 is 19.7 Å². The van der Waals surface area contributed by atoms with Crippen LogP contribution in [0.5, 0.6) is 11.5 Å². The lowest BCUT2D eigenvalue weighted by Crippen LogP contribution is -2.28. The molecular formula is C20H21BrN2O4. The fourth-order valence-corrected chi connectivity index (χ4v) is 3.67. The van der Waals surface area contributed by atoms with E-state index in [9.17, 15) is 9.59 Å². The van der Waals surface area contributed by atoms with Crippen LogP contribution in [0.1, 0.15) is 12.0 Å².